The molecule has 0 aromatic heterocycles. The number of benzene rings is 1. The van der Waals surface area contributed by atoms with Crippen molar-refractivity contribution in [2.75, 3.05) is 0 Å². The minimum atomic E-state index is -1.10. The SMILES string of the molecule is N#Cc1cccc([C@@H](N)C(=O)O)c1. The van der Waals surface area contributed by atoms with Crippen molar-refractivity contribution in [2.45, 2.75) is 6.04 Å². The lowest BCUT2D eigenvalue weighted by atomic mass is 10.1. The Kier molecular flexibility index (Phi) is 2.62. The van der Waals surface area contributed by atoms with Gasteiger partial charge in [-0.2, -0.15) is 5.26 Å². The van der Waals surface area contributed by atoms with Crippen molar-refractivity contribution in [3.63, 3.8) is 0 Å². The van der Waals surface area contributed by atoms with Gasteiger partial charge in [0.15, 0.2) is 0 Å². The summed E-state index contributed by atoms with van der Waals surface area (Å²) in [6.45, 7) is 0. The number of carbonyl (C=O) groups is 1. The Bertz CT molecular complexity index is 368. The first-order valence-electron chi connectivity index (χ1n) is 3.63. The molecule has 0 unspecified atom stereocenters. The van der Waals surface area contributed by atoms with E-state index in [1.165, 1.54) is 6.07 Å². The van der Waals surface area contributed by atoms with E-state index in [-0.39, 0.29) is 0 Å². The number of nitriles is 1. The van der Waals surface area contributed by atoms with Crippen molar-refractivity contribution in [1.29, 1.82) is 5.26 Å². The summed E-state index contributed by atoms with van der Waals surface area (Å²) in [5.74, 6) is -1.10. The van der Waals surface area contributed by atoms with Crippen molar-refractivity contribution >= 4 is 5.97 Å². The van der Waals surface area contributed by atoms with E-state index in [0.717, 1.165) is 0 Å². The fourth-order valence-corrected chi connectivity index (χ4v) is 0.944. The van der Waals surface area contributed by atoms with Gasteiger partial charge < -0.3 is 10.8 Å². The van der Waals surface area contributed by atoms with Gasteiger partial charge in [0, 0.05) is 0 Å². The van der Waals surface area contributed by atoms with Crippen LogP contribution in [0.25, 0.3) is 0 Å². The second-order valence-corrected chi connectivity index (χ2v) is 2.55. The van der Waals surface area contributed by atoms with Crippen LogP contribution in [-0.4, -0.2) is 11.1 Å². The monoisotopic (exact) mass is 176 g/mol. The fourth-order valence-electron chi connectivity index (χ4n) is 0.944. The second-order valence-electron chi connectivity index (χ2n) is 2.55. The Morgan fingerprint density at radius 2 is 2.31 bits per heavy atom. The molecule has 0 fully saturated rings. The second kappa shape index (κ2) is 3.70. The lowest BCUT2D eigenvalue weighted by Crippen LogP contribution is -2.20. The van der Waals surface area contributed by atoms with Gasteiger partial charge in [0.2, 0.25) is 0 Å². The van der Waals surface area contributed by atoms with Crippen LogP contribution in [0.5, 0.6) is 0 Å². The Balaban J connectivity index is 3.03. The molecule has 0 saturated carbocycles. The normalized spacial score (nSPS) is 11.7. The highest BCUT2D eigenvalue weighted by atomic mass is 16.4. The van der Waals surface area contributed by atoms with E-state index < -0.39 is 12.0 Å². The Morgan fingerprint density at radius 3 is 2.85 bits per heavy atom. The average Bonchev–Trinajstić information content (AvgIpc) is 2.16. The van der Waals surface area contributed by atoms with Gasteiger partial charge >= 0.3 is 5.97 Å². The van der Waals surface area contributed by atoms with Gasteiger partial charge in [-0.25, -0.2) is 0 Å². The van der Waals surface area contributed by atoms with Crippen LogP contribution in [0, 0.1) is 11.3 Å². The van der Waals surface area contributed by atoms with Crippen LogP contribution in [0.15, 0.2) is 24.3 Å². The molecular formula is C9H8N2O2. The summed E-state index contributed by atoms with van der Waals surface area (Å²) in [4.78, 5) is 10.5. The molecule has 0 aliphatic rings. The Morgan fingerprint density at radius 1 is 1.62 bits per heavy atom. The van der Waals surface area contributed by atoms with Gasteiger partial charge in [-0.15, -0.1) is 0 Å². The zero-order chi connectivity index (χ0) is 9.84. The third-order valence-corrected chi connectivity index (χ3v) is 1.64. The van der Waals surface area contributed by atoms with Gasteiger partial charge in [0.1, 0.15) is 6.04 Å². The van der Waals surface area contributed by atoms with Crippen molar-refractivity contribution in [3.05, 3.63) is 35.4 Å². The van der Waals surface area contributed by atoms with Gasteiger partial charge in [-0.05, 0) is 17.7 Å². The number of aliphatic carboxylic acids is 1. The van der Waals surface area contributed by atoms with Crippen LogP contribution < -0.4 is 5.73 Å². The summed E-state index contributed by atoms with van der Waals surface area (Å²) in [7, 11) is 0. The third-order valence-electron chi connectivity index (χ3n) is 1.64. The van der Waals surface area contributed by atoms with Crippen LogP contribution in [0.4, 0.5) is 0 Å². The predicted octanol–water partition coefficient (Wildman–Crippen LogP) is 0.643. The van der Waals surface area contributed by atoms with Gasteiger partial charge in [-0.3, -0.25) is 4.79 Å². The molecule has 0 heterocycles. The molecule has 0 radical (unpaired) electrons. The first kappa shape index (κ1) is 9.23. The number of nitrogens with two attached hydrogens (primary N) is 1. The highest BCUT2D eigenvalue weighted by Gasteiger charge is 2.13. The quantitative estimate of drug-likeness (QED) is 0.692. The van der Waals surface area contributed by atoms with E-state index >= 15 is 0 Å². The smallest absolute Gasteiger partial charge is 0.325 e. The molecule has 13 heavy (non-hydrogen) atoms. The van der Waals surface area contributed by atoms with Gasteiger partial charge in [-0.1, -0.05) is 12.1 Å². The number of carboxylic acid groups (broad SMARTS) is 1. The number of hydrogen-bond acceptors (Lipinski definition) is 3. The molecule has 1 rings (SSSR count). The molecule has 0 saturated heterocycles. The summed E-state index contributed by atoms with van der Waals surface area (Å²) in [5, 5.41) is 17.1. The molecule has 0 bridgehead atoms. The van der Waals surface area contributed by atoms with Crippen LogP contribution in [0.3, 0.4) is 0 Å². The molecule has 0 aliphatic heterocycles. The minimum absolute atomic E-state index is 0.411. The van der Waals surface area contributed by atoms with E-state index in [2.05, 4.69) is 0 Å². The Hall–Kier alpha value is -1.86. The van der Waals surface area contributed by atoms with Gasteiger partial charge in [0.05, 0.1) is 11.6 Å². The minimum Gasteiger partial charge on any atom is -0.480 e. The predicted molar refractivity (Wildman–Crippen MR) is 45.7 cm³/mol. The molecule has 66 valence electrons. The molecule has 0 amide bonds. The largest absolute Gasteiger partial charge is 0.480 e. The summed E-state index contributed by atoms with van der Waals surface area (Å²) < 4.78 is 0. The topological polar surface area (TPSA) is 87.1 Å². The van der Waals surface area contributed by atoms with Crippen LogP contribution >= 0.6 is 0 Å². The highest BCUT2D eigenvalue weighted by Crippen LogP contribution is 2.11. The highest BCUT2D eigenvalue weighted by molar-refractivity contribution is 5.75. The molecule has 1 atom stereocenters. The third kappa shape index (κ3) is 2.04. The molecule has 1 aromatic rings. The molecule has 3 N–H and O–H groups in total. The fraction of sp³-hybridized carbons (Fsp3) is 0.111. The number of hydrogen-bond donors (Lipinski definition) is 2. The van der Waals surface area contributed by atoms with E-state index in [9.17, 15) is 4.79 Å². The van der Waals surface area contributed by atoms with Crippen LogP contribution in [0.2, 0.25) is 0 Å². The number of carboxylic acids is 1. The molecule has 4 heteroatoms. The van der Waals surface area contributed by atoms with E-state index in [1.807, 2.05) is 6.07 Å². The van der Waals surface area contributed by atoms with Crippen LogP contribution in [-0.2, 0) is 4.79 Å². The first-order chi connectivity index (χ1) is 6.15. The molecule has 1 aromatic carbocycles. The van der Waals surface area contributed by atoms with Crippen LogP contribution in [0.1, 0.15) is 17.2 Å². The standard InChI is InChI=1S/C9H8N2O2/c10-5-6-2-1-3-7(4-6)8(11)9(12)13/h1-4,8H,11H2,(H,12,13)/t8-/m1/s1. The molecular weight excluding hydrogens is 168 g/mol. The van der Waals surface area contributed by atoms with Crippen molar-refractivity contribution in [1.82, 2.24) is 0 Å². The maximum atomic E-state index is 10.5. The lowest BCUT2D eigenvalue weighted by molar-refractivity contribution is -0.138. The summed E-state index contributed by atoms with van der Waals surface area (Å²) in [6, 6.07) is 7.11. The maximum Gasteiger partial charge on any atom is 0.325 e. The average molecular weight is 176 g/mol. The van der Waals surface area contributed by atoms with Crippen molar-refractivity contribution < 1.29 is 9.90 Å². The van der Waals surface area contributed by atoms with E-state index in [1.54, 1.807) is 18.2 Å². The lowest BCUT2D eigenvalue weighted by Gasteiger charge is -2.05. The van der Waals surface area contributed by atoms with E-state index in [0.29, 0.717) is 11.1 Å². The molecule has 4 nitrogen and oxygen atoms in total. The maximum absolute atomic E-state index is 10.5. The summed E-state index contributed by atoms with van der Waals surface area (Å²) >= 11 is 0. The van der Waals surface area contributed by atoms with Crippen molar-refractivity contribution in [3.8, 4) is 6.07 Å². The number of nitrogens with zero attached hydrogens (tertiary/aromatic N) is 1. The zero-order valence-electron chi connectivity index (χ0n) is 6.77. The summed E-state index contributed by atoms with van der Waals surface area (Å²) in [5.41, 5.74) is 6.20. The van der Waals surface area contributed by atoms with E-state index in [4.69, 9.17) is 16.1 Å². The Labute approximate surface area is 75.2 Å². The van der Waals surface area contributed by atoms with Gasteiger partial charge in [0.25, 0.3) is 0 Å². The van der Waals surface area contributed by atoms with Crippen molar-refractivity contribution in [2.24, 2.45) is 5.73 Å². The summed E-state index contributed by atoms with van der Waals surface area (Å²) in [6.07, 6.45) is 0. The first-order valence-corrected chi connectivity index (χ1v) is 3.63. The number of rotatable bonds is 2. The zero-order valence-corrected chi connectivity index (χ0v) is 6.77. The molecule has 0 aliphatic carbocycles. The molecule has 0 spiro atoms.